The molecule has 0 aliphatic heterocycles. The summed E-state index contributed by atoms with van der Waals surface area (Å²) in [6, 6.07) is 5.87. The second-order valence-corrected chi connectivity index (χ2v) is 4.18. The lowest BCUT2D eigenvalue weighted by Crippen LogP contribution is -2.13. The second kappa shape index (κ2) is 6.19. The van der Waals surface area contributed by atoms with E-state index in [-0.39, 0.29) is 0 Å². The van der Waals surface area contributed by atoms with Crippen LogP contribution in [0, 0.1) is 0 Å². The molecule has 0 saturated heterocycles. The minimum Gasteiger partial charge on any atom is -0.493 e. The summed E-state index contributed by atoms with van der Waals surface area (Å²) in [5.41, 5.74) is 2.05. The predicted octanol–water partition coefficient (Wildman–Crippen LogP) is 1.12. The molecule has 19 heavy (non-hydrogen) atoms. The third-order valence-corrected chi connectivity index (χ3v) is 2.73. The Morgan fingerprint density at radius 1 is 1.16 bits per heavy atom. The van der Waals surface area contributed by atoms with E-state index in [4.69, 9.17) is 9.47 Å². The maximum Gasteiger partial charge on any atom is 0.161 e. The summed E-state index contributed by atoms with van der Waals surface area (Å²) < 4.78 is 12.2. The molecule has 0 saturated carbocycles. The van der Waals surface area contributed by atoms with Gasteiger partial charge in [0.05, 0.1) is 19.9 Å². The molecule has 0 aliphatic carbocycles. The van der Waals surface area contributed by atoms with E-state index in [1.165, 1.54) is 0 Å². The van der Waals surface area contributed by atoms with E-state index >= 15 is 0 Å². The lowest BCUT2D eigenvalue weighted by atomic mass is 10.2. The van der Waals surface area contributed by atoms with Crippen molar-refractivity contribution < 1.29 is 9.47 Å². The Labute approximate surface area is 112 Å². The molecule has 0 unspecified atom stereocenters. The van der Waals surface area contributed by atoms with Crippen LogP contribution in [0.4, 0.5) is 0 Å². The van der Waals surface area contributed by atoms with Crippen molar-refractivity contribution in [2.45, 2.75) is 13.1 Å². The van der Waals surface area contributed by atoms with Gasteiger partial charge >= 0.3 is 0 Å². The molecule has 1 aromatic carbocycles. The quantitative estimate of drug-likeness (QED) is 0.845. The van der Waals surface area contributed by atoms with Gasteiger partial charge in [0, 0.05) is 26.3 Å². The van der Waals surface area contributed by atoms with Crippen molar-refractivity contribution >= 4 is 0 Å². The molecule has 0 bridgehead atoms. The molecule has 2 rings (SSSR count). The van der Waals surface area contributed by atoms with Crippen molar-refractivity contribution in [3.8, 4) is 11.5 Å². The van der Waals surface area contributed by atoms with Crippen molar-refractivity contribution in [2.75, 3.05) is 14.2 Å². The number of ether oxygens (including phenoxy) is 2. The topological polar surface area (TPSA) is 61.2 Å². The molecule has 1 N–H and O–H groups in total. The van der Waals surface area contributed by atoms with E-state index in [9.17, 15) is 0 Å². The molecule has 0 aliphatic rings. The van der Waals surface area contributed by atoms with Crippen LogP contribution in [0.1, 0.15) is 11.3 Å². The summed E-state index contributed by atoms with van der Waals surface area (Å²) in [5.74, 6) is 1.47. The first kappa shape index (κ1) is 13.4. The standard InChI is InChI=1S/C13H18N4O2/c1-17-9-11(15-16-17)8-14-7-10-4-5-12(18-2)13(6-10)19-3/h4-6,9,14H,7-8H2,1-3H3. The molecule has 0 amide bonds. The van der Waals surface area contributed by atoms with Gasteiger partial charge in [-0.15, -0.1) is 5.10 Å². The van der Waals surface area contributed by atoms with Crippen molar-refractivity contribution in [3.63, 3.8) is 0 Å². The van der Waals surface area contributed by atoms with Crippen LogP contribution < -0.4 is 14.8 Å². The summed E-state index contributed by atoms with van der Waals surface area (Å²) in [7, 11) is 5.11. The fraction of sp³-hybridized carbons (Fsp3) is 0.385. The van der Waals surface area contributed by atoms with Crippen LogP contribution in [0.25, 0.3) is 0 Å². The van der Waals surface area contributed by atoms with E-state index in [2.05, 4.69) is 15.6 Å². The maximum absolute atomic E-state index is 5.27. The summed E-state index contributed by atoms with van der Waals surface area (Å²) in [5, 5.41) is 11.2. The van der Waals surface area contributed by atoms with Crippen molar-refractivity contribution in [1.29, 1.82) is 0 Å². The van der Waals surface area contributed by atoms with Crippen LogP contribution in [-0.4, -0.2) is 29.2 Å². The molecule has 2 aromatic rings. The Kier molecular flexibility index (Phi) is 4.35. The van der Waals surface area contributed by atoms with Gasteiger partial charge < -0.3 is 14.8 Å². The van der Waals surface area contributed by atoms with Crippen LogP contribution in [0.5, 0.6) is 11.5 Å². The van der Waals surface area contributed by atoms with Gasteiger partial charge in [-0.2, -0.15) is 0 Å². The maximum atomic E-state index is 5.27. The fourth-order valence-corrected chi connectivity index (χ4v) is 1.80. The van der Waals surface area contributed by atoms with Gasteiger partial charge in [-0.1, -0.05) is 11.3 Å². The molecule has 1 heterocycles. The fourth-order valence-electron chi connectivity index (χ4n) is 1.80. The van der Waals surface area contributed by atoms with Crippen LogP contribution in [0.2, 0.25) is 0 Å². The van der Waals surface area contributed by atoms with Crippen LogP contribution >= 0.6 is 0 Å². The van der Waals surface area contributed by atoms with E-state index in [1.807, 2.05) is 31.4 Å². The van der Waals surface area contributed by atoms with Crippen molar-refractivity contribution in [3.05, 3.63) is 35.7 Å². The Balaban J connectivity index is 1.92. The molecule has 1 aromatic heterocycles. The Hall–Kier alpha value is -2.08. The number of nitrogens with one attached hydrogen (secondary N) is 1. The Morgan fingerprint density at radius 3 is 2.58 bits per heavy atom. The SMILES string of the molecule is COc1ccc(CNCc2cn(C)nn2)cc1OC. The predicted molar refractivity (Wildman–Crippen MR) is 71.1 cm³/mol. The van der Waals surface area contributed by atoms with Crippen LogP contribution in [0.3, 0.4) is 0 Å². The molecule has 6 nitrogen and oxygen atoms in total. The normalized spacial score (nSPS) is 10.5. The number of benzene rings is 1. The number of hydrogen-bond acceptors (Lipinski definition) is 5. The highest BCUT2D eigenvalue weighted by Gasteiger charge is 2.04. The largest absolute Gasteiger partial charge is 0.493 e. The summed E-state index contributed by atoms with van der Waals surface area (Å²) in [4.78, 5) is 0. The smallest absolute Gasteiger partial charge is 0.161 e. The molecule has 0 fully saturated rings. The van der Waals surface area contributed by atoms with Gasteiger partial charge in [-0.25, -0.2) is 0 Å². The zero-order chi connectivity index (χ0) is 13.7. The number of rotatable bonds is 6. The number of aryl methyl sites for hydroxylation is 1. The van der Waals surface area contributed by atoms with E-state index in [0.29, 0.717) is 6.54 Å². The average molecular weight is 262 g/mol. The second-order valence-electron chi connectivity index (χ2n) is 4.18. The molecule has 0 spiro atoms. The Bertz CT molecular complexity index is 539. The van der Waals surface area contributed by atoms with Gasteiger partial charge in [0.1, 0.15) is 0 Å². The van der Waals surface area contributed by atoms with Crippen LogP contribution in [0.15, 0.2) is 24.4 Å². The lowest BCUT2D eigenvalue weighted by Gasteiger charge is -2.09. The number of hydrogen-bond donors (Lipinski definition) is 1. The summed E-state index contributed by atoms with van der Waals surface area (Å²) >= 11 is 0. The van der Waals surface area contributed by atoms with E-state index < -0.39 is 0 Å². The first-order valence-electron chi connectivity index (χ1n) is 5.99. The highest BCUT2D eigenvalue weighted by Crippen LogP contribution is 2.27. The molecule has 0 atom stereocenters. The molecule has 102 valence electrons. The van der Waals surface area contributed by atoms with Crippen molar-refractivity contribution in [2.24, 2.45) is 7.05 Å². The van der Waals surface area contributed by atoms with Crippen LogP contribution in [-0.2, 0) is 20.1 Å². The van der Waals surface area contributed by atoms with Gasteiger partial charge in [-0.05, 0) is 17.7 Å². The highest BCUT2D eigenvalue weighted by atomic mass is 16.5. The number of nitrogens with zero attached hydrogens (tertiary/aromatic N) is 3. The van der Waals surface area contributed by atoms with E-state index in [0.717, 1.165) is 29.3 Å². The van der Waals surface area contributed by atoms with Gasteiger partial charge in [0.2, 0.25) is 0 Å². The zero-order valence-electron chi connectivity index (χ0n) is 11.4. The molecular formula is C13H18N4O2. The van der Waals surface area contributed by atoms with Gasteiger partial charge in [0.25, 0.3) is 0 Å². The van der Waals surface area contributed by atoms with Gasteiger partial charge in [-0.3, -0.25) is 4.68 Å². The number of aromatic nitrogens is 3. The minimum atomic E-state index is 0.683. The molecular weight excluding hydrogens is 244 g/mol. The first-order valence-corrected chi connectivity index (χ1v) is 5.99. The average Bonchev–Trinajstić information content (AvgIpc) is 2.84. The molecule has 6 heteroatoms. The molecule has 0 radical (unpaired) electrons. The van der Waals surface area contributed by atoms with Crippen molar-refractivity contribution in [1.82, 2.24) is 20.3 Å². The first-order chi connectivity index (χ1) is 9.22. The third-order valence-electron chi connectivity index (χ3n) is 2.73. The highest BCUT2D eigenvalue weighted by molar-refractivity contribution is 5.42. The Morgan fingerprint density at radius 2 is 1.95 bits per heavy atom. The lowest BCUT2D eigenvalue weighted by molar-refractivity contribution is 0.354. The third kappa shape index (κ3) is 3.45. The zero-order valence-corrected chi connectivity index (χ0v) is 11.4. The minimum absolute atomic E-state index is 0.683. The summed E-state index contributed by atoms with van der Waals surface area (Å²) in [6.07, 6.45) is 1.89. The summed E-state index contributed by atoms with van der Waals surface area (Å²) in [6.45, 7) is 1.42. The van der Waals surface area contributed by atoms with E-state index in [1.54, 1.807) is 18.9 Å². The van der Waals surface area contributed by atoms with Gasteiger partial charge in [0.15, 0.2) is 11.5 Å². The monoisotopic (exact) mass is 262 g/mol. The number of methoxy groups -OCH3 is 2.